The summed E-state index contributed by atoms with van der Waals surface area (Å²) in [5, 5.41) is 14.0. The van der Waals surface area contributed by atoms with Crippen molar-refractivity contribution in [2.24, 2.45) is 5.92 Å². The van der Waals surface area contributed by atoms with Crippen LogP contribution in [0.3, 0.4) is 0 Å². The molecule has 3 heteroatoms. The first kappa shape index (κ1) is 14.2. The number of nitrogens with zero attached hydrogens (tertiary/aromatic N) is 1. The van der Waals surface area contributed by atoms with E-state index in [-0.39, 0.29) is 5.54 Å². The average Bonchev–Trinajstić information content (AvgIpc) is 3.10. The first-order valence-electron chi connectivity index (χ1n) is 7.50. The maximum Gasteiger partial charge on any atom is 0.109 e. The Balaban J connectivity index is 1.83. The third-order valence-electron chi connectivity index (χ3n) is 4.50. The fourth-order valence-electron chi connectivity index (χ4n) is 2.96. The standard InChI is InChI=1S/C15H26N2S/c1-3-12(2)18-10-8-13-5-4-9-15(13,11-16)17-14-6-7-14/h12-14,17H,3-10H2,1-2H3. The minimum atomic E-state index is -0.183. The van der Waals surface area contributed by atoms with Gasteiger partial charge in [-0.2, -0.15) is 17.0 Å². The van der Waals surface area contributed by atoms with Gasteiger partial charge in [-0.15, -0.1) is 0 Å². The Labute approximate surface area is 116 Å². The van der Waals surface area contributed by atoms with Crippen LogP contribution in [0.2, 0.25) is 0 Å². The van der Waals surface area contributed by atoms with Crippen molar-refractivity contribution in [2.45, 2.75) is 75.6 Å². The predicted octanol–water partition coefficient (Wildman–Crippen LogP) is 3.72. The number of nitriles is 1. The van der Waals surface area contributed by atoms with Crippen molar-refractivity contribution in [3.05, 3.63) is 0 Å². The second-order valence-corrected chi connectivity index (χ2v) is 7.52. The largest absolute Gasteiger partial charge is 0.296 e. The molecule has 0 aromatic heterocycles. The van der Waals surface area contributed by atoms with E-state index in [4.69, 9.17) is 0 Å². The van der Waals surface area contributed by atoms with Gasteiger partial charge in [0.25, 0.3) is 0 Å². The molecule has 102 valence electrons. The summed E-state index contributed by atoms with van der Waals surface area (Å²) in [4.78, 5) is 0. The summed E-state index contributed by atoms with van der Waals surface area (Å²) >= 11 is 2.07. The monoisotopic (exact) mass is 266 g/mol. The Morgan fingerprint density at radius 1 is 1.44 bits per heavy atom. The Morgan fingerprint density at radius 2 is 2.22 bits per heavy atom. The Bertz CT molecular complexity index is 308. The van der Waals surface area contributed by atoms with Gasteiger partial charge in [0.15, 0.2) is 0 Å². The normalized spacial score (nSPS) is 33.3. The fourth-order valence-corrected chi connectivity index (χ4v) is 4.02. The van der Waals surface area contributed by atoms with E-state index >= 15 is 0 Å². The van der Waals surface area contributed by atoms with E-state index in [2.05, 4.69) is 37.0 Å². The van der Waals surface area contributed by atoms with Crippen LogP contribution in [-0.4, -0.2) is 22.6 Å². The van der Waals surface area contributed by atoms with Crippen LogP contribution in [0.5, 0.6) is 0 Å². The summed E-state index contributed by atoms with van der Waals surface area (Å²) in [6.07, 6.45) is 8.55. The minimum Gasteiger partial charge on any atom is -0.296 e. The zero-order chi connectivity index (χ0) is 13.0. The van der Waals surface area contributed by atoms with E-state index in [1.807, 2.05) is 0 Å². The smallest absolute Gasteiger partial charge is 0.109 e. The average molecular weight is 266 g/mol. The molecular weight excluding hydrogens is 240 g/mol. The lowest BCUT2D eigenvalue weighted by Gasteiger charge is -2.30. The molecule has 1 N–H and O–H groups in total. The number of hydrogen-bond donors (Lipinski definition) is 1. The lowest BCUT2D eigenvalue weighted by Crippen LogP contribution is -2.48. The van der Waals surface area contributed by atoms with Gasteiger partial charge in [-0.05, 0) is 50.2 Å². The lowest BCUT2D eigenvalue weighted by atomic mass is 9.86. The van der Waals surface area contributed by atoms with Gasteiger partial charge in [0.1, 0.15) is 5.54 Å². The van der Waals surface area contributed by atoms with Gasteiger partial charge >= 0.3 is 0 Å². The summed E-state index contributed by atoms with van der Waals surface area (Å²) < 4.78 is 0. The zero-order valence-corrected chi connectivity index (χ0v) is 12.6. The maximum atomic E-state index is 9.60. The Morgan fingerprint density at radius 3 is 2.83 bits per heavy atom. The van der Waals surface area contributed by atoms with Crippen LogP contribution in [0.1, 0.15) is 58.8 Å². The molecule has 3 unspecified atom stereocenters. The van der Waals surface area contributed by atoms with Crippen molar-refractivity contribution in [3.8, 4) is 6.07 Å². The first-order valence-corrected chi connectivity index (χ1v) is 8.55. The number of thioether (sulfide) groups is 1. The zero-order valence-electron chi connectivity index (χ0n) is 11.7. The molecule has 0 radical (unpaired) electrons. The molecular formula is C15H26N2S. The van der Waals surface area contributed by atoms with Crippen molar-refractivity contribution >= 4 is 11.8 Å². The quantitative estimate of drug-likeness (QED) is 0.763. The molecule has 0 aliphatic heterocycles. The molecule has 3 atom stereocenters. The summed E-state index contributed by atoms with van der Waals surface area (Å²) in [5.74, 6) is 1.80. The number of nitrogens with one attached hydrogen (secondary N) is 1. The van der Waals surface area contributed by atoms with Crippen molar-refractivity contribution in [1.82, 2.24) is 5.32 Å². The van der Waals surface area contributed by atoms with Crippen molar-refractivity contribution in [1.29, 1.82) is 5.26 Å². The van der Waals surface area contributed by atoms with Gasteiger partial charge in [0.05, 0.1) is 6.07 Å². The van der Waals surface area contributed by atoms with Gasteiger partial charge in [-0.3, -0.25) is 5.32 Å². The van der Waals surface area contributed by atoms with E-state index in [0.29, 0.717) is 12.0 Å². The van der Waals surface area contributed by atoms with E-state index in [1.54, 1.807) is 0 Å². The van der Waals surface area contributed by atoms with Crippen molar-refractivity contribution < 1.29 is 0 Å². The Kier molecular flexibility index (Phi) is 4.98. The third kappa shape index (κ3) is 3.42. The molecule has 0 spiro atoms. The second kappa shape index (κ2) is 6.30. The molecule has 2 fully saturated rings. The molecule has 0 aromatic rings. The molecule has 2 saturated carbocycles. The van der Waals surface area contributed by atoms with Crippen LogP contribution < -0.4 is 5.32 Å². The van der Waals surface area contributed by atoms with Gasteiger partial charge in [0.2, 0.25) is 0 Å². The van der Waals surface area contributed by atoms with Crippen LogP contribution >= 0.6 is 11.8 Å². The van der Waals surface area contributed by atoms with Gasteiger partial charge in [0, 0.05) is 11.3 Å². The molecule has 18 heavy (non-hydrogen) atoms. The van der Waals surface area contributed by atoms with Crippen LogP contribution in [0.4, 0.5) is 0 Å². The molecule has 0 aromatic carbocycles. The van der Waals surface area contributed by atoms with Crippen molar-refractivity contribution in [3.63, 3.8) is 0 Å². The number of hydrogen-bond acceptors (Lipinski definition) is 3. The topological polar surface area (TPSA) is 35.8 Å². The molecule has 0 amide bonds. The molecule has 2 aliphatic carbocycles. The highest BCUT2D eigenvalue weighted by Crippen LogP contribution is 2.40. The maximum absolute atomic E-state index is 9.60. The summed E-state index contributed by atoms with van der Waals surface area (Å²) in [7, 11) is 0. The summed E-state index contributed by atoms with van der Waals surface area (Å²) in [5.41, 5.74) is -0.183. The predicted molar refractivity (Wildman–Crippen MR) is 78.7 cm³/mol. The molecule has 0 bridgehead atoms. The van der Waals surface area contributed by atoms with Crippen LogP contribution in [-0.2, 0) is 0 Å². The molecule has 0 heterocycles. The minimum absolute atomic E-state index is 0.183. The van der Waals surface area contributed by atoms with E-state index in [1.165, 1.54) is 44.3 Å². The highest BCUT2D eigenvalue weighted by Gasteiger charge is 2.45. The van der Waals surface area contributed by atoms with Crippen molar-refractivity contribution in [2.75, 3.05) is 5.75 Å². The van der Waals surface area contributed by atoms with Gasteiger partial charge < -0.3 is 0 Å². The van der Waals surface area contributed by atoms with Crippen LogP contribution in [0.25, 0.3) is 0 Å². The van der Waals surface area contributed by atoms with E-state index in [9.17, 15) is 5.26 Å². The molecule has 2 aliphatic rings. The van der Waals surface area contributed by atoms with Gasteiger partial charge in [-0.1, -0.05) is 20.3 Å². The van der Waals surface area contributed by atoms with Gasteiger partial charge in [-0.25, -0.2) is 0 Å². The summed E-state index contributed by atoms with van der Waals surface area (Å²) in [6.45, 7) is 4.56. The SMILES string of the molecule is CCC(C)SCCC1CCCC1(C#N)NC1CC1. The molecule has 2 nitrogen and oxygen atoms in total. The fraction of sp³-hybridized carbons (Fsp3) is 0.933. The highest BCUT2D eigenvalue weighted by molar-refractivity contribution is 7.99. The first-order chi connectivity index (χ1) is 8.70. The van der Waals surface area contributed by atoms with Crippen LogP contribution in [0.15, 0.2) is 0 Å². The molecule has 0 saturated heterocycles. The van der Waals surface area contributed by atoms with E-state index < -0.39 is 0 Å². The van der Waals surface area contributed by atoms with E-state index in [0.717, 1.165) is 11.7 Å². The lowest BCUT2D eigenvalue weighted by molar-refractivity contribution is 0.308. The number of rotatable bonds is 7. The third-order valence-corrected chi connectivity index (χ3v) is 5.88. The second-order valence-electron chi connectivity index (χ2n) is 5.97. The van der Waals surface area contributed by atoms with Crippen LogP contribution in [0, 0.1) is 17.2 Å². The Hall–Kier alpha value is -0.200. The molecule has 2 rings (SSSR count). The highest BCUT2D eigenvalue weighted by atomic mass is 32.2. The summed E-state index contributed by atoms with van der Waals surface area (Å²) in [6, 6.07) is 3.28.